The monoisotopic (exact) mass is 157 g/mol. The minimum atomic E-state index is -0.106. The van der Waals surface area contributed by atoms with Crippen molar-refractivity contribution in [3.05, 3.63) is 0 Å². The second kappa shape index (κ2) is 4.07. The standard InChI is InChI=1S/C9H19NO/c1-3-4-9(11)7-10(2)8-5-6-8/h8-9,11H,3-7H2,1-2H3. The van der Waals surface area contributed by atoms with E-state index in [4.69, 9.17) is 0 Å². The van der Waals surface area contributed by atoms with Gasteiger partial charge in [-0.1, -0.05) is 13.3 Å². The minimum Gasteiger partial charge on any atom is -0.392 e. The third-order valence-electron chi connectivity index (χ3n) is 2.29. The molecule has 11 heavy (non-hydrogen) atoms. The number of rotatable bonds is 5. The molecule has 0 aromatic rings. The molecule has 0 amide bonds. The van der Waals surface area contributed by atoms with Crippen molar-refractivity contribution < 1.29 is 5.11 Å². The second-order valence-corrected chi connectivity index (χ2v) is 3.61. The number of hydrogen-bond donors (Lipinski definition) is 1. The fraction of sp³-hybridized carbons (Fsp3) is 1.00. The maximum absolute atomic E-state index is 9.45. The van der Waals surface area contributed by atoms with Crippen molar-refractivity contribution in [2.75, 3.05) is 13.6 Å². The summed E-state index contributed by atoms with van der Waals surface area (Å²) in [5.41, 5.74) is 0. The van der Waals surface area contributed by atoms with E-state index in [1.165, 1.54) is 12.8 Å². The highest BCUT2D eigenvalue weighted by Crippen LogP contribution is 2.25. The molecule has 1 atom stereocenters. The topological polar surface area (TPSA) is 23.5 Å². The molecule has 0 saturated heterocycles. The van der Waals surface area contributed by atoms with Crippen LogP contribution < -0.4 is 0 Å². The SMILES string of the molecule is CCCC(O)CN(C)C1CC1. The van der Waals surface area contributed by atoms with Gasteiger partial charge in [0.15, 0.2) is 0 Å². The molecule has 1 unspecified atom stereocenters. The highest BCUT2D eigenvalue weighted by molar-refractivity contribution is 4.83. The maximum atomic E-state index is 9.45. The number of nitrogens with zero attached hydrogens (tertiary/aromatic N) is 1. The quantitative estimate of drug-likeness (QED) is 0.649. The Morgan fingerprint density at radius 1 is 1.55 bits per heavy atom. The van der Waals surface area contributed by atoms with E-state index >= 15 is 0 Å². The first kappa shape index (κ1) is 9.01. The molecule has 1 rings (SSSR count). The Morgan fingerprint density at radius 3 is 2.64 bits per heavy atom. The molecule has 2 heteroatoms. The summed E-state index contributed by atoms with van der Waals surface area (Å²) in [6.45, 7) is 2.97. The van der Waals surface area contributed by atoms with E-state index in [0.717, 1.165) is 25.4 Å². The lowest BCUT2D eigenvalue weighted by atomic mass is 10.2. The largest absolute Gasteiger partial charge is 0.392 e. The van der Waals surface area contributed by atoms with Crippen LogP contribution in [0.2, 0.25) is 0 Å². The van der Waals surface area contributed by atoms with Crippen LogP contribution >= 0.6 is 0 Å². The van der Waals surface area contributed by atoms with Gasteiger partial charge in [0, 0.05) is 12.6 Å². The average Bonchev–Trinajstić information content (AvgIpc) is 2.67. The molecule has 1 aliphatic rings. The van der Waals surface area contributed by atoms with Crippen LogP contribution in [-0.4, -0.2) is 35.7 Å². The van der Waals surface area contributed by atoms with Crippen LogP contribution in [0, 0.1) is 0 Å². The molecule has 1 aliphatic carbocycles. The van der Waals surface area contributed by atoms with Gasteiger partial charge in [-0.05, 0) is 26.3 Å². The van der Waals surface area contributed by atoms with E-state index in [1.807, 2.05) is 0 Å². The second-order valence-electron chi connectivity index (χ2n) is 3.61. The Kier molecular flexibility index (Phi) is 3.34. The molecule has 2 nitrogen and oxygen atoms in total. The number of aliphatic hydroxyl groups excluding tert-OH is 1. The van der Waals surface area contributed by atoms with Gasteiger partial charge in [-0.2, -0.15) is 0 Å². The van der Waals surface area contributed by atoms with E-state index in [-0.39, 0.29) is 6.10 Å². The molecule has 0 aromatic carbocycles. The van der Waals surface area contributed by atoms with E-state index in [9.17, 15) is 5.11 Å². The minimum absolute atomic E-state index is 0.106. The van der Waals surface area contributed by atoms with E-state index in [2.05, 4.69) is 18.9 Å². The molecule has 1 N–H and O–H groups in total. The molecule has 0 aromatic heterocycles. The fourth-order valence-electron chi connectivity index (χ4n) is 1.42. The lowest BCUT2D eigenvalue weighted by Gasteiger charge is -2.19. The van der Waals surface area contributed by atoms with Crippen molar-refractivity contribution in [2.24, 2.45) is 0 Å². The molecule has 66 valence electrons. The van der Waals surface area contributed by atoms with Gasteiger partial charge in [-0.3, -0.25) is 0 Å². The van der Waals surface area contributed by atoms with Crippen LogP contribution in [0.3, 0.4) is 0 Å². The molecular formula is C9H19NO. The number of aliphatic hydroxyl groups is 1. The van der Waals surface area contributed by atoms with Crippen LogP contribution in [0.5, 0.6) is 0 Å². The van der Waals surface area contributed by atoms with Gasteiger partial charge in [0.25, 0.3) is 0 Å². The zero-order valence-corrected chi connectivity index (χ0v) is 7.58. The Hall–Kier alpha value is -0.0800. The van der Waals surface area contributed by atoms with Gasteiger partial charge >= 0.3 is 0 Å². The predicted octanol–water partition coefficient (Wildman–Crippen LogP) is 1.24. The first-order chi connectivity index (χ1) is 5.24. The molecule has 0 heterocycles. The van der Waals surface area contributed by atoms with Gasteiger partial charge in [-0.15, -0.1) is 0 Å². The maximum Gasteiger partial charge on any atom is 0.0667 e. The third-order valence-corrected chi connectivity index (χ3v) is 2.29. The van der Waals surface area contributed by atoms with Crippen molar-refractivity contribution in [1.82, 2.24) is 4.90 Å². The van der Waals surface area contributed by atoms with Crippen LogP contribution in [0.15, 0.2) is 0 Å². The summed E-state index contributed by atoms with van der Waals surface area (Å²) in [5, 5.41) is 9.45. The van der Waals surface area contributed by atoms with E-state index in [0.29, 0.717) is 0 Å². The summed E-state index contributed by atoms with van der Waals surface area (Å²) >= 11 is 0. The number of likely N-dealkylation sites (N-methyl/N-ethyl adjacent to an activating group) is 1. The summed E-state index contributed by atoms with van der Waals surface area (Å²) in [6, 6.07) is 0.779. The van der Waals surface area contributed by atoms with Gasteiger partial charge in [0.2, 0.25) is 0 Å². The zero-order valence-electron chi connectivity index (χ0n) is 7.58. The highest BCUT2D eigenvalue weighted by atomic mass is 16.3. The molecule has 1 saturated carbocycles. The van der Waals surface area contributed by atoms with E-state index in [1.54, 1.807) is 0 Å². The highest BCUT2D eigenvalue weighted by Gasteiger charge is 2.26. The van der Waals surface area contributed by atoms with Crippen molar-refractivity contribution >= 4 is 0 Å². The van der Waals surface area contributed by atoms with Crippen molar-refractivity contribution in [1.29, 1.82) is 0 Å². The molecule has 0 aliphatic heterocycles. The summed E-state index contributed by atoms with van der Waals surface area (Å²) in [4.78, 5) is 2.28. The molecule has 0 spiro atoms. The number of hydrogen-bond acceptors (Lipinski definition) is 2. The first-order valence-electron chi connectivity index (χ1n) is 4.62. The zero-order chi connectivity index (χ0) is 8.27. The smallest absolute Gasteiger partial charge is 0.0667 e. The third kappa shape index (κ3) is 3.21. The van der Waals surface area contributed by atoms with Crippen molar-refractivity contribution in [3.63, 3.8) is 0 Å². The van der Waals surface area contributed by atoms with Gasteiger partial charge in [0.05, 0.1) is 6.10 Å². The Labute approximate surface area is 69.2 Å². The Bertz CT molecular complexity index is 112. The van der Waals surface area contributed by atoms with Gasteiger partial charge in [-0.25, -0.2) is 0 Å². The van der Waals surface area contributed by atoms with Crippen LogP contribution in [0.25, 0.3) is 0 Å². The summed E-state index contributed by atoms with van der Waals surface area (Å²) in [7, 11) is 2.11. The molecular weight excluding hydrogens is 138 g/mol. The Morgan fingerprint density at radius 2 is 2.18 bits per heavy atom. The van der Waals surface area contributed by atoms with Crippen LogP contribution in [0.4, 0.5) is 0 Å². The summed E-state index contributed by atoms with van der Waals surface area (Å²) in [6.07, 6.45) is 4.58. The van der Waals surface area contributed by atoms with Crippen molar-refractivity contribution in [2.45, 2.75) is 44.8 Å². The van der Waals surface area contributed by atoms with Gasteiger partial charge < -0.3 is 10.0 Å². The predicted molar refractivity (Wildman–Crippen MR) is 46.6 cm³/mol. The fourth-order valence-corrected chi connectivity index (χ4v) is 1.42. The Balaban J connectivity index is 2.07. The van der Waals surface area contributed by atoms with Crippen molar-refractivity contribution in [3.8, 4) is 0 Å². The lowest BCUT2D eigenvalue weighted by molar-refractivity contribution is 0.114. The lowest BCUT2D eigenvalue weighted by Crippen LogP contribution is -2.30. The van der Waals surface area contributed by atoms with E-state index < -0.39 is 0 Å². The van der Waals surface area contributed by atoms with Crippen LogP contribution in [0.1, 0.15) is 32.6 Å². The molecule has 0 radical (unpaired) electrons. The normalized spacial score (nSPS) is 20.7. The molecule has 1 fully saturated rings. The van der Waals surface area contributed by atoms with Crippen LogP contribution in [-0.2, 0) is 0 Å². The molecule has 0 bridgehead atoms. The van der Waals surface area contributed by atoms with Gasteiger partial charge in [0.1, 0.15) is 0 Å². The summed E-state index contributed by atoms with van der Waals surface area (Å²) in [5.74, 6) is 0. The summed E-state index contributed by atoms with van der Waals surface area (Å²) < 4.78 is 0. The average molecular weight is 157 g/mol. The first-order valence-corrected chi connectivity index (χ1v) is 4.62.